The second-order valence-corrected chi connectivity index (χ2v) is 4.20. The van der Waals surface area contributed by atoms with Crippen molar-refractivity contribution >= 4 is 6.29 Å². The number of carbonyl (C=O) groups excluding carboxylic acids is 1. The summed E-state index contributed by atoms with van der Waals surface area (Å²) in [7, 11) is 0. The first-order valence-corrected chi connectivity index (χ1v) is 5.79. The highest BCUT2D eigenvalue weighted by atomic mass is 16.1. The number of fused-ring (bicyclic) bond motifs is 1. The zero-order valence-electron chi connectivity index (χ0n) is 9.39. The molecule has 0 fully saturated rings. The molecule has 2 aromatic rings. The summed E-state index contributed by atoms with van der Waals surface area (Å²) in [4.78, 5) is 20.0. The van der Waals surface area contributed by atoms with Crippen LogP contribution in [0.3, 0.4) is 0 Å². The van der Waals surface area contributed by atoms with E-state index in [1.165, 1.54) is 0 Å². The lowest BCUT2D eigenvalue weighted by atomic mass is 10.1. The van der Waals surface area contributed by atoms with Crippen molar-refractivity contribution in [2.45, 2.75) is 19.3 Å². The van der Waals surface area contributed by atoms with Gasteiger partial charge in [-0.05, 0) is 19.3 Å². The molecule has 0 radical (unpaired) electrons. The fourth-order valence-corrected chi connectivity index (χ4v) is 2.28. The highest BCUT2D eigenvalue weighted by Crippen LogP contribution is 2.25. The van der Waals surface area contributed by atoms with Crippen LogP contribution in [-0.4, -0.2) is 16.3 Å². The Morgan fingerprint density at radius 2 is 1.88 bits per heavy atom. The average Bonchev–Trinajstić information content (AvgIpc) is 2.86. The summed E-state index contributed by atoms with van der Waals surface area (Å²) >= 11 is 0. The summed E-state index contributed by atoms with van der Waals surface area (Å²) in [6.07, 6.45) is 3.80. The highest BCUT2D eigenvalue weighted by Gasteiger charge is 2.19. The molecule has 1 aliphatic rings. The number of rotatable bonds is 2. The second-order valence-electron chi connectivity index (χ2n) is 4.20. The molecule has 0 spiro atoms. The molecule has 84 valence electrons. The van der Waals surface area contributed by atoms with Crippen molar-refractivity contribution in [2.75, 3.05) is 0 Å². The molecule has 3 nitrogen and oxygen atoms in total. The van der Waals surface area contributed by atoms with E-state index in [4.69, 9.17) is 0 Å². The number of carbonyl (C=O) groups is 1. The lowest BCUT2D eigenvalue weighted by Crippen LogP contribution is -2.02. The van der Waals surface area contributed by atoms with E-state index in [9.17, 15) is 4.79 Å². The SMILES string of the molecule is O=Cc1nc(-c2ccccc2)nc2c1CCC2. The van der Waals surface area contributed by atoms with Gasteiger partial charge >= 0.3 is 0 Å². The predicted octanol–water partition coefficient (Wildman–Crippen LogP) is 2.44. The highest BCUT2D eigenvalue weighted by molar-refractivity contribution is 5.76. The van der Waals surface area contributed by atoms with Gasteiger partial charge in [0.05, 0.1) is 0 Å². The maximum atomic E-state index is 11.1. The Bertz CT molecular complexity index is 564. The first kappa shape index (κ1) is 10.1. The fraction of sp³-hybridized carbons (Fsp3) is 0.214. The molecule has 17 heavy (non-hydrogen) atoms. The van der Waals surface area contributed by atoms with Crippen LogP contribution in [0.25, 0.3) is 11.4 Å². The van der Waals surface area contributed by atoms with Gasteiger partial charge in [0.25, 0.3) is 0 Å². The summed E-state index contributed by atoms with van der Waals surface area (Å²) in [5, 5.41) is 0. The van der Waals surface area contributed by atoms with Gasteiger partial charge < -0.3 is 0 Å². The third kappa shape index (κ3) is 1.73. The van der Waals surface area contributed by atoms with E-state index in [1.54, 1.807) is 0 Å². The number of aromatic nitrogens is 2. The van der Waals surface area contributed by atoms with Gasteiger partial charge in [0.1, 0.15) is 5.69 Å². The van der Waals surface area contributed by atoms with Gasteiger partial charge in [0, 0.05) is 16.8 Å². The molecule has 0 bridgehead atoms. The van der Waals surface area contributed by atoms with Crippen molar-refractivity contribution < 1.29 is 4.79 Å². The molecular weight excluding hydrogens is 212 g/mol. The Morgan fingerprint density at radius 1 is 1.06 bits per heavy atom. The maximum absolute atomic E-state index is 11.1. The summed E-state index contributed by atoms with van der Waals surface area (Å²) in [5.41, 5.74) is 3.61. The number of benzene rings is 1. The van der Waals surface area contributed by atoms with Crippen molar-refractivity contribution in [1.29, 1.82) is 0 Å². The van der Waals surface area contributed by atoms with Gasteiger partial charge in [-0.15, -0.1) is 0 Å². The van der Waals surface area contributed by atoms with Crippen LogP contribution in [0.1, 0.15) is 28.2 Å². The predicted molar refractivity (Wildman–Crippen MR) is 64.9 cm³/mol. The maximum Gasteiger partial charge on any atom is 0.168 e. The van der Waals surface area contributed by atoms with Crippen molar-refractivity contribution in [3.05, 3.63) is 47.3 Å². The molecule has 1 aliphatic carbocycles. The number of aldehydes is 1. The first-order chi connectivity index (χ1) is 8.38. The van der Waals surface area contributed by atoms with Gasteiger partial charge in [-0.2, -0.15) is 0 Å². The Balaban J connectivity index is 2.16. The Hall–Kier alpha value is -2.03. The first-order valence-electron chi connectivity index (χ1n) is 5.79. The molecule has 0 saturated heterocycles. The number of hydrogen-bond donors (Lipinski definition) is 0. The molecule has 0 N–H and O–H groups in total. The molecule has 1 aromatic carbocycles. The Kier molecular flexibility index (Phi) is 2.44. The lowest BCUT2D eigenvalue weighted by molar-refractivity contribution is 0.111. The molecule has 3 rings (SSSR count). The molecular formula is C14H12N2O. The average molecular weight is 224 g/mol. The molecule has 0 unspecified atom stereocenters. The molecule has 0 aliphatic heterocycles. The Labute approximate surface area is 99.5 Å². The summed E-state index contributed by atoms with van der Waals surface area (Å²) < 4.78 is 0. The summed E-state index contributed by atoms with van der Waals surface area (Å²) in [6, 6.07) is 9.78. The van der Waals surface area contributed by atoms with Crippen LogP contribution < -0.4 is 0 Å². The van der Waals surface area contributed by atoms with E-state index in [1.807, 2.05) is 30.3 Å². The van der Waals surface area contributed by atoms with Gasteiger partial charge in [-0.1, -0.05) is 30.3 Å². The van der Waals surface area contributed by atoms with Crippen molar-refractivity contribution in [3.63, 3.8) is 0 Å². The van der Waals surface area contributed by atoms with Gasteiger partial charge in [0.15, 0.2) is 12.1 Å². The lowest BCUT2D eigenvalue weighted by Gasteiger charge is -2.05. The van der Waals surface area contributed by atoms with Gasteiger partial charge in [-0.25, -0.2) is 9.97 Å². The molecule has 1 aromatic heterocycles. The topological polar surface area (TPSA) is 42.9 Å². The Morgan fingerprint density at radius 3 is 2.65 bits per heavy atom. The standard InChI is InChI=1S/C14H12N2O/c17-9-13-11-7-4-8-12(11)15-14(16-13)10-5-2-1-3-6-10/h1-3,5-6,9H,4,7-8H2. The number of nitrogens with zero attached hydrogens (tertiary/aromatic N) is 2. The van der Waals surface area contributed by atoms with Crippen molar-refractivity contribution in [3.8, 4) is 11.4 Å². The van der Waals surface area contributed by atoms with E-state index in [0.29, 0.717) is 11.5 Å². The van der Waals surface area contributed by atoms with E-state index in [-0.39, 0.29) is 0 Å². The van der Waals surface area contributed by atoms with Crippen molar-refractivity contribution in [1.82, 2.24) is 9.97 Å². The van der Waals surface area contributed by atoms with Crippen LogP contribution in [0, 0.1) is 0 Å². The van der Waals surface area contributed by atoms with Crippen LogP contribution in [0.2, 0.25) is 0 Å². The monoisotopic (exact) mass is 224 g/mol. The van der Waals surface area contributed by atoms with E-state index >= 15 is 0 Å². The normalized spacial score (nSPS) is 13.4. The fourth-order valence-electron chi connectivity index (χ4n) is 2.28. The largest absolute Gasteiger partial charge is 0.296 e. The van der Waals surface area contributed by atoms with Crippen LogP contribution >= 0.6 is 0 Å². The number of hydrogen-bond acceptors (Lipinski definition) is 3. The summed E-state index contributed by atoms with van der Waals surface area (Å²) in [5.74, 6) is 0.661. The molecule has 1 heterocycles. The van der Waals surface area contributed by atoms with Crippen molar-refractivity contribution in [2.24, 2.45) is 0 Å². The molecule has 0 amide bonds. The van der Waals surface area contributed by atoms with Gasteiger partial charge in [0.2, 0.25) is 0 Å². The molecule has 3 heteroatoms. The zero-order chi connectivity index (χ0) is 11.7. The van der Waals surface area contributed by atoms with E-state index in [2.05, 4.69) is 9.97 Å². The quantitative estimate of drug-likeness (QED) is 0.736. The third-order valence-electron chi connectivity index (χ3n) is 3.11. The van der Waals surface area contributed by atoms with E-state index in [0.717, 1.165) is 42.4 Å². The second kappa shape index (κ2) is 4.09. The van der Waals surface area contributed by atoms with Crippen LogP contribution in [0.5, 0.6) is 0 Å². The number of aryl methyl sites for hydroxylation is 1. The minimum absolute atomic E-state index is 0.561. The van der Waals surface area contributed by atoms with E-state index < -0.39 is 0 Å². The third-order valence-corrected chi connectivity index (χ3v) is 3.11. The van der Waals surface area contributed by atoms with Crippen LogP contribution in [0.15, 0.2) is 30.3 Å². The van der Waals surface area contributed by atoms with Crippen LogP contribution in [0.4, 0.5) is 0 Å². The molecule has 0 atom stereocenters. The zero-order valence-corrected chi connectivity index (χ0v) is 9.39. The minimum Gasteiger partial charge on any atom is -0.296 e. The van der Waals surface area contributed by atoms with Gasteiger partial charge in [-0.3, -0.25) is 4.79 Å². The minimum atomic E-state index is 0.561. The smallest absolute Gasteiger partial charge is 0.168 e. The molecule has 0 saturated carbocycles. The van der Waals surface area contributed by atoms with Crippen LogP contribution in [-0.2, 0) is 12.8 Å². The summed E-state index contributed by atoms with van der Waals surface area (Å²) in [6.45, 7) is 0.